The van der Waals surface area contributed by atoms with Crippen molar-refractivity contribution in [3.05, 3.63) is 0 Å². The Labute approximate surface area is 105 Å². The van der Waals surface area contributed by atoms with Gasteiger partial charge >= 0.3 is 0 Å². The van der Waals surface area contributed by atoms with Crippen molar-refractivity contribution in [2.75, 3.05) is 6.54 Å². The van der Waals surface area contributed by atoms with Crippen LogP contribution in [0.4, 0.5) is 0 Å². The first-order valence-corrected chi connectivity index (χ1v) is 6.10. The molecule has 3 N–H and O–H groups in total. The monoisotopic (exact) mass is 248 g/mol. The summed E-state index contributed by atoms with van der Waals surface area (Å²) in [6, 6.07) is -0.0321. The van der Waals surface area contributed by atoms with Gasteiger partial charge in [-0.15, -0.1) is 12.4 Å². The highest BCUT2D eigenvalue weighted by molar-refractivity contribution is 5.85. The number of halogens is 1. The molecule has 1 rings (SSSR count). The average molecular weight is 249 g/mol. The fraction of sp³-hybridized carbons (Fsp3) is 0.917. The van der Waals surface area contributed by atoms with Crippen LogP contribution in [0.1, 0.15) is 46.0 Å². The first-order valence-electron chi connectivity index (χ1n) is 6.10. The zero-order valence-corrected chi connectivity index (χ0v) is 11.2. The molecular formula is C12H25ClN2O. The largest absolute Gasteiger partial charge is 0.356 e. The lowest BCUT2D eigenvalue weighted by Crippen LogP contribution is -2.34. The highest BCUT2D eigenvalue weighted by Crippen LogP contribution is 2.27. The maximum absolute atomic E-state index is 11.4. The fourth-order valence-corrected chi connectivity index (χ4v) is 2.37. The van der Waals surface area contributed by atoms with E-state index < -0.39 is 0 Å². The third kappa shape index (κ3) is 6.33. The Kier molecular flexibility index (Phi) is 7.77. The average Bonchev–Trinajstić information content (AvgIpc) is 2.14. The first-order chi connectivity index (χ1) is 7.08. The van der Waals surface area contributed by atoms with Crippen molar-refractivity contribution in [2.45, 2.75) is 52.0 Å². The predicted octanol–water partition coefficient (Wildman–Crippen LogP) is 2.09. The van der Waals surface area contributed by atoms with Gasteiger partial charge in [0.25, 0.3) is 0 Å². The quantitative estimate of drug-likeness (QED) is 0.801. The van der Waals surface area contributed by atoms with E-state index in [9.17, 15) is 4.79 Å². The summed E-state index contributed by atoms with van der Waals surface area (Å²) >= 11 is 0. The van der Waals surface area contributed by atoms with Crippen molar-refractivity contribution in [2.24, 2.45) is 17.6 Å². The van der Waals surface area contributed by atoms with Gasteiger partial charge in [0.15, 0.2) is 0 Å². The molecule has 3 nitrogen and oxygen atoms in total. The van der Waals surface area contributed by atoms with Crippen LogP contribution in [0, 0.1) is 11.8 Å². The van der Waals surface area contributed by atoms with Crippen LogP contribution in [0.3, 0.4) is 0 Å². The van der Waals surface area contributed by atoms with Crippen molar-refractivity contribution in [1.82, 2.24) is 5.32 Å². The van der Waals surface area contributed by atoms with Gasteiger partial charge in [-0.05, 0) is 31.6 Å². The Morgan fingerprint density at radius 3 is 2.75 bits per heavy atom. The van der Waals surface area contributed by atoms with E-state index >= 15 is 0 Å². The lowest BCUT2D eigenvalue weighted by atomic mass is 9.82. The van der Waals surface area contributed by atoms with Crippen LogP contribution in [-0.2, 0) is 4.79 Å². The smallest absolute Gasteiger partial charge is 0.221 e. The molecule has 0 saturated heterocycles. The molecular weight excluding hydrogens is 224 g/mol. The maximum atomic E-state index is 11.4. The van der Waals surface area contributed by atoms with Crippen LogP contribution < -0.4 is 11.1 Å². The zero-order valence-electron chi connectivity index (χ0n) is 10.4. The summed E-state index contributed by atoms with van der Waals surface area (Å²) in [7, 11) is 0. The molecule has 0 aliphatic heterocycles. The van der Waals surface area contributed by atoms with Gasteiger partial charge in [0.1, 0.15) is 0 Å². The number of nitrogens with two attached hydrogens (primary N) is 1. The van der Waals surface area contributed by atoms with Crippen LogP contribution in [0.25, 0.3) is 0 Å². The molecule has 16 heavy (non-hydrogen) atoms. The number of carbonyl (C=O) groups excluding carboxylic acids is 1. The van der Waals surface area contributed by atoms with E-state index in [-0.39, 0.29) is 24.4 Å². The second kappa shape index (κ2) is 7.91. The van der Waals surface area contributed by atoms with E-state index in [0.717, 1.165) is 12.5 Å². The van der Waals surface area contributed by atoms with Gasteiger partial charge in [-0.1, -0.05) is 19.8 Å². The van der Waals surface area contributed by atoms with Gasteiger partial charge in [-0.25, -0.2) is 0 Å². The molecule has 3 atom stereocenters. The molecule has 3 unspecified atom stereocenters. The zero-order chi connectivity index (χ0) is 11.3. The summed E-state index contributed by atoms with van der Waals surface area (Å²) in [5, 5.41) is 2.99. The van der Waals surface area contributed by atoms with E-state index in [1.807, 2.05) is 6.92 Å². The van der Waals surface area contributed by atoms with Gasteiger partial charge in [0, 0.05) is 19.0 Å². The Morgan fingerprint density at radius 1 is 1.50 bits per heavy atom. The predicted molar refractivity (Wildman–Crippen MR) is 69.6 cm³/mol. The molecule has 1 aliphatic carbocycles. The molecule has 1 aliphatic rings. The third-order valence-electron chi connectivity index (χ3n) is 3.14. The number of amides is 1. The molecule has 0 spiro atoms. The highest BCUT2D eigenvalue weighted by atomic mass is 35.5. The molecule has 0 aromatic heterocycles. The van der Waals surface area contributed by atoms with E-state index in [0.29, 0.717) is 12.3 Å². The Balaban J connectivity index is 0.00000225. The summed E-state index contributed by atoms with van der Waals surface area (Å²) in [6.07, 6.45) is 5.64. The molecule has 0 radical (unpaired) electrons. The van der Waals surface area contributed by atoms with E-state index in [1.165, 1.54) is 25.7 Å². The molecule has 96 valence electrons. The molecule has 4 heteroatoms. The molecule has 1 amide bonds. The normalized spacial score (nSPS) is 26.7. The van der Waals surface area contributed by atoms with Crippen LogP contribution in [-0.4, -0.2) is 18.5 Å². The number of rotatable bonds is 4. The molecule has 0 aromatic rings. The summed E-state index contributed by atoms with van der Waals surface area (Å²) in [5.41, 5.74) is 5.56. The molecule has 0 bridgehead atoms. The van der Waals surface area contributed by atoms with Crippen molar-refractivity contribution in [3.63, 3.8) is 0 Å². The van der Waals surface area contributed by atoms with Crippen LogP contribution in [0.2, 0.25) is 0 Å². The van der Waals surface area contributed by atoms with Gasteiger partial charge in [0.05, 0.1) is 0 Å². The standard InChI is InChI=1S/C12H24N2O.ClH/c1-9-4-3-5-11(6-9)8-14-12(15)7-10(2)13;/h9-11H,3-8,13H2,1-2H3,(H,14,15);1H. The summed E-state index contributed by atoms with van der Waals surface area (Å²) in [6.45, 7) is 5.01. The summed E-state index contributed by atoms with van der Waals surface area (Å²) in [5.74, 6) is 1.61. The van der Waals surface area contributed by atoms with E-state index in [4.69, 9.17) is 5.73 Å². The lowest BCUT2D eigenvalue weighted by molar-refractivity contribution is -0.121. The fourth-order valence-electron chi connectivity index (χ4n) is 2.37. The number of carbonyl (C=O) groups is 1. The maximum Gasteiger partial charge on any atom is 0.221 e. The van der Waals surface area contributed by atoms with Crippen LogP contribution in [0.5, 0.6) is 0 Å². The van der Waals surface area contributed by atoms with E-state index in [1.54, 1.807) is 0 Å². The Bertz CT molecular complexity index is 209. The summed E-state index contributed by atoms with van der Waals surface area (Å²) in [4.78, 5) is 11.4. The second-order valence-corrected chi connectivity index (χ2v) is 5.12. The minimum atomic E-state index is -0.0321. The number of hydrogen-bond acceptors (Lipinski definition) is 2. The molecule has 0 aromatic carbocycles. The van der Waals surface area contributed by atoms with Gasteiger partial charge in [-0.3, -0.25) is 4.79 Å². The van der Waals surface area contributed by atoms with Crippen LogP contribution in [0.15, 0.2) is 0 Å². The van der Waals surface area contributed by atoms with Crippen molar-refractivity contribution in [1.29, 1.82) is 0 Å². The van der Waals surface area contributed by atoms with Gasteiger partial charge < -0.3 is 11.1 Å². The SMILES string of the molecule is CC(N)CC(=O)NCC1CCCC(C)C1.Cl. The molecule has 1 fully saturated rings. The third-order valence-corrected chi connectivity index (χ3v) is 3.14. The lowest BCUT2D eigenvalue weighted by Gasteiger charge is -2.26. The number of hydrogen-bond donors (Lipinski definition) is 2. The van der Waals surface area contributed by atoms with Crippen molar-refractivity contribution >= 4 is 18.3 Å². The summed E-state index contributed by atoms with van der Waals surface area (Å²) < 4.78 is 0. The topological polar surface area (TPSA) is 55.1 Å². The first kappa shape index (κ1) is 15.7. The Morgan fingerprint density at radius 2 is 2.19 bits per heavy atom. The Hall–Kier alpha value is -0.280. The van der Waals surface area contributed by atoms with Crippen LogP contribution >= 0.6 is 12.4 Å². The minimum Gasteiger partial charge on any atom is -0.356 e. The van der Waals surface area contributed by atoms with Crippen molar-refractivity contribution < 1.29 is 4.79 Å². The van der Waals surface area contributed by atoms with Gasteiger partial charge in [-0.2, -0.15) is 0 Å². The molecule has 0 heterocycles. The van der Waals surface area contributed by atoms with E-state index in [2.05, 4.69) is 12.2 Å². The minimum absolute atomic E-state index is 0. The molecule has 1 saturated carbocycles. The second-order valence-electron chi connectivity index (χ2n) is 5.12. The highest BCUT2D eigenvalue weighted by Gasteiger charge is 2.19. The van der Waals surface area contributed by atoms with Gasteiger partial charge in [0.2, 0.25) is 5.91 Å². The number of nitrogens with one attached hydrogen (secondary N) is 1. The van der Waals surface area contributed by atoms with Crippen molar-refractivity contribution in [3.8, 4) is 0 Å².